The number of likely N-dealkylation sites (tertiary alicyclic amines) is 1. The molecule has 4 rings (SSSR count). The number of nitrogen functional groups attached to an aromatic ring is 1. The van der Waals surface area contributed by atoms with Crippen molar-refractivity contribution >= 4 is 28.0 Å². The first-order valence-electron chi connectivity index (χ1n) is 12.3. The number of para-hydroxylation sites is 1. The van der Waals surface area contributed by atoms with E-state index in [1.165, 1.54) is 17.4 Å². The first-order valence-corrected chi connectivity index (χ1v) is 14.1. The van der Waals surface area contributed by atoms with Crippen molar-refractivity contribution in [2.75, 3.05) is 19.3 Å². The van der Waals surface area contributed by atoms with Crippen LogP contribution in [-0.2, 0) is 37.2 Å². The van der Waals surface area contributed by atoms with Crippen molar-refractivity contribution < 1.29 is 22.4 Å². The van der Waals surface area contributed by atoms with Gasteiger partial charge in [0, 0.05) is 30.6 Å². The lowest BCUT2D eigenvalue weighted by atomic mass is 10.0. The van der Waals surface area contributed by atoms with Crippen LogP contribution >= 0.6 is 0 Å². The molecule has 38 heavy (non-hydrogen) atoms. The van der Waals surface area contributed by atoms with E-state index in [4.69, 9.17) is 19.7 Å². The van der Waals surface area contributed by atoms with E-state index in [0.29, 0.717) is 37.1 Å². The Labute approximate surface area is 222 Å². The maximum absolute atomic E-state index is 13.2. The minimum atomic E-state index is -3.05. The fourth-order valence-electron chi connectivity index (χ4n) is 4.30. The van der Waals surface area contributed by atoms with E-state index in [1.807, 2.05) is 48.5 Å². The van der Waals surface area contributed by atoms with Gasteiger partial charge in [-0.2, -0.15) is 0 Å². The SMILES string of the molecule is C[S+](=O)(NCC(=O)N1CCC[C@H]1C(=O)NCc1coc(C(=N)N)c1)Oc1ccccc1Cc1ccccc1. The van der Waals surface area contributed by atoms with E-state index < -0.39 is 16.4 Å². The molecule has 2 aromatic carbocycles. The van der Waals surface area contributed by atoms with Gasteiger partial charge in [-0.25, -0.2) is 0 Å². The van der Waals surface area contributed by atoms with Gasteiger partial charge in [0.1, 0.15) is 12.6 Å². The van der Waals surface area contributed by atoms with Crippen LogP contribution in [0, 0.1) is 5.41 Å². The van der Waals surface area contributed by atoms with Crippen LogP contribution in [0.2, 0.25) is 0 Å². The normalized spacial score (nSPS) is 16.6. The van der Waals surface area contributed by atoms with E-state index in [-0.39, 0.29) is 36.5 Å². The van der Waals surface area contributed by atoms with Gasteiger partial charge in [-0.05, 0) is 34.7 Å². The highest BCUT2D eigenvalue weighted by atomic mass is 32.3. The lowest BCUT2D eigenvalue weighted by Gasteiger charge is -2.24. The highest BCUT2D eigenvalue weighted by molar-refractivity contribution is 7.96. The van der Waals surface area contributed by atoms with Crippen molar-refractivity contribution in [2.45, 2.75) is 31.8 Å². The van der Waals surface area contributed by atoms with Crippen LogP contribution in [-0.4, -0.2) is 47.9 Å². The summed E-state index contributed by atoms with van der Waals surface area (Å²) in [6.07, 6.45) is 4.68. The van der Waals surface area contributed by atoms with Gasteiger partial charge in [0.05, 0.1) is 6.26 Å². The van der Waals surface area contributed by atoms with Gasteiger partial charge in [-0.3, -0.25) is 19.2 Å². The minimum Gasteiger partial charge on any atom is -0.461 e. The number of nitrogens with two attached hydrogens (primary N) is 1. The Balaban J connectivity index is 1.31. The molecule has 1 aliphatic heterocycles. The van der Waals surface area contributed by atoms with Crippen LogP contribution in [0.5, 0.6) is 5.75 Å². The molecule has 0 saturated carbocycles. The Morgan fingerprint density at radius 1 is 1.16 bits per heavy atom. The highest BCUT2D eigenvalue weighted by Crippen LogP contribution is 2.24. The fraction of sp³-hybridized carbons (Fsp3) is 0.296. The van der Waals surface area contributed by atoms with Crippen molar-refractivity contribution in [1.82, 2.24) is 14.9 Å². The monoisotopic (exact) mass is 538 g/mol. The third-order valence-corrected chi connectivity index (χ3v) is 7.37. The molecule has 0 spiro atoms. The Hall–Kier alpha value is -3.96. The van der Waals surface area contributed by atoms with Gasteiger partial charge in [0.2, 0.25) is 11.8 Å². The van der Waals surface area contributed by atoms with Crippen molar-refractivity contribution in [3.8, 4) is 5.75 Å². The first kappa shape index (κ1) is 27.1. The predicted octanol–water partition coefficient (Wildman–Crippen LogP) is 2.39. The van der Waals surface area contributed by atoms with Crippen LogP contribution in [0.15, 0.2) is 71.3 Å². The number of nitrogens with one attached hydrogen (secondary N) is 3. The zero-order valence-corrected chi connectivity index (χ0v) is 22.0. The minimum absolute atomic E-state index is 0.186. The van der Waals surface area contributed by atoms with Crippen LogP contribution < -0.4 is 20.0 Å². The molecule has 2 atom stereocenters. The summed E-state index contributed by atoms with van der Waals surface area (Å²) in [5.74, 6) is -0.107. The lowest BCUT2D eigenvalue weighted by Crippen LogP contribution is -2.49. The number of amides is 2. The van der Waals surface area contributed by atoms with E-state index in [9.17, 15) is 13.8 Å². The van der Waals surface area contributed by atoms with Crippen LogP contribution in [0.3, 0.4) is 0 Å². The average Bonchev–Trinajstić information content (AvgIpc) is 3.58. The van der Waals surface area contributed by atoms with Crippen LogP contribution in [0.4, 0.5) is 0 Å². The third-order valence-electron chi connectivity index (χ3n) is 6.21. The Morgan fingerprint density at radius 2 is 1.89 bits per heavy atom. The average molecular weight is 539 g/mol. The smallest absolute Gasteiger partial charge is 0.330 e. The molecule has 0 radical (unpaired) electrons. The quantitative estimate of drug-likeness (QED) is 0.167. The Kier molecular flexibility index (Phi) is 8.59. The molecule has 2 amide bonds. The van der Waals surface area contributed by atoms with E-state index in [0.717, 1.165) is 11.1 Å². The summed E-state index contributed by atoms with van der Waals surface area (Å²) in [7, 11) is -3.05. The summed E-state index contributed by atoms with van der Waals surface area (Å²) < 4.78 is 26.9. The number of nitrogens with zero attached hydrogens (tertiary/aromatic N) is 1. The number of rotatable bonds is 11. The zero-order valence-electron chi connectivity index (χ0n) is 21.1. The number of hydrogen-bond donors (Lipinski definition) is 4. The molecular weight excluding hydrogens is 506 g/mol. The molecule has 11 heteroatoms. The molecule has 1 aromatic heterocycles. The van der Waals surface area contributed by atoms with Gasteiger partial charge < -0.3 is 20.4 Å². The van der Waals surface area contributed by atoms with E-state index in [1.54, 1.807) is 12.1 Å². The van der Waals surface area contributed by atoms with Gasteiger partial charge in [0.15, 0.2) is 23.6 Å². The molecule has 0 aliphatic carbocycles. The third kappa shape index (κ3) is 7.08. The first-order chi connectivity index (χ1) is 18.2. The molecule has 1 unspecified atom stereocenters. The van der Waals surface area contributed by atoms with E-state index >= 15 is 0 Å². The van der Waals surface area contributed by atoms with Gasteiger partial charge >= 0.3 is 10.4 Å². The summed E-state index contributed by atoms with van der Waals surface area (Å²) in [6.45, 7) is 0.388. The second kappa shape index (κ2) is 12.1. The topological polar surface area (TPSA) is 151 Å². The number of furan rings is 1. The summed E-state index contributed by atoms with van der Waals surface area (Å²) in [5.41, 5.74) is 8.04. The number of carbonyl (C=O) groups is 2. The molecule has 1 aliphatic rings. The zero-order chi connectivity index (χ0) is 27.1. The summed E-state index contributed by atoms with van der Waals surface area (Å²) in [5, 5.41) is 10.2. The van der Waals surface area contributed by atoms with Crippen LogP contribution in [0.1, 0.15) is 35.3 Å². The summed E-state index contributed by atoms with van der Waals surface area (Å²) in [6, 6.07) is 18.2. The van der Waals surface area contributed by atoms with Crippen LogP contribution in [0.25, 0.3) is 0 Å². The second-order valence-corrected chi connectivity index (χ2v) is 11.1. The molecule has 10 nitrogen and oxygen atoms in total. The Bertz CT molecular complexity index is 1340. The molecule has 0 bridgehead atoms. The van der Waals surface area contributed by atoms with Crippen molar-refractivity contribution in [1.29, 1.82) is 5.41 Å². The molecule has 200 valence electrons. The van der Waals surface area contributed by atoms with E-state index in [2.05, 4.69) is 10.0 Å². The summed E-state index contributed by atoms with van der Waals surface area (Å²) in [4.78, 5) is 27.3. The molecule has 5 N–H and O–H groups in total. The molecular formula is C27H32N5O5S+. The predicted molar refractivity (Wildman–Crippen MR) is 145 cm³/mol. The molecule has 1 fully saturated rings. The number of hydrogen-bond acceptors (Lipinski definition) is 6. The van der Waals surface area contributed by atoms with Crippen molar-refractivity contribution in [3.05, 3.63) is 89.4 Å². The maximum Gasteiger partial charge on any atom is 0.330 e. The van der Waals surface area contributed by atoms with Gasteiger partial charge in [-0.15, -0.1) is 0 Å². The summed E-state index contributed by atoms with van der Waals surface area (Å²) >= 11 is 0. The lowest BCUT2D eigenvalue weighted by molar-refractivity contribution is -0.137. The number of carbonyl (C=O) groups excluding carboxylic acids is 2. The largest absolute Gasteiger partial charge is 0.461 e. The van der Waals surface area contributed by atoms with Gasteiger partial charge in [0.25, 0.3) is 0 Å². The Morgan fingerprint density at radius 3 is 2.63 bits per heavy atom. The van der Waals surface area contributed by atoms with Crippen molar-refractivity contribution in [3.63, 3.8) is 0 Å². The van der Waals surface area contributed by atoms with Crippen molar-refractivity contribution in [2.24, 2.45) is 5.73 Å². The fourth-order valence-corrected chi connectivity index (χ4v) is 5.25. The van der Waals surface area contributed by atoms with Gasteiger partial charge in [-0.1, -0.05) is 53.3 Å². The highest BCUT2D eigenvalue weighted by Gasteiger charge is 2.36. The second-order valence-electron chi connectivity index (χ2n) is 9.14. The maximum atomic E-state index is 13.2. The number of benzene rings is 2. The molecule has 2 heterocycles. The standard InChI is InChI=1S/C27H31N5O5S/c1-38(35,37-23-12-6-5-10-21(23)14-19-8-3-2-4-9-19)31-17-25(33)32-13-7-11-22(32)27(34)30-16-20-15-24(26(28)29)36-18-20/h2-6,8-10,12,15,18,22H,7,11,13-14,16-17H2,1H3,(H4-,28,29,30,31,34,35)/p+1/t22-,38?/m0/s1. The molecule has 1 saturated heterocycles. The number of amidine groups is 1. The molecule has 3 aromatic rings.